The molecule has 0 saturated carbocycles. The van der Waals surface area contributed by atoms with Crippen molar-refractivity contribution in [2.75, 3.05) is 10.2 Å². The number of aromatic nitrogens is 3. The van der Waals surface area contributed by atoms with Gasteiger partial charge in [0.15, 0.2) is 5.82 Å². The van der Waals surface area contributed by atoms with E-state index < -0.39 is 23.4 Å². The monoisotopic (exact) mass is 522 g/mol. The number of carbonyl (C=O) groups is 2. The number of nitrogens with one attached hydrogen (secondary N) is 1. The highest BCUT2D eigenvalue weighted by atomic mass is 35.5. The Bertz CT molecular complexity index is 1360. The van der Waals surface area contributed by atoms with Crippen LogP contribution in [0, 0.1) is 6.57 Å². The maximum atomic E-state index is 13.2. The molecule has 2 aromatic heterocycles. The maximum absolute atomic E-state index is 13.2. The van der Waals surface area contributed by atoms with Gasteiger partial charge in [-0.25, -0.2) is 19.5 Å². The number of rotatable bonds is 4. The number of hydrogen-bond acceptors (Lipinski definition) is 7. The van der Waals surface area contributed by atoms with E-state index in [9.17, 15) is 9.59 Å². The van der Waals surface area contributed by atoms with Crippen LogP contribution < -0.4 is 10.2 Å². The number of carbonyl (C=O) groups excluding carboxylic acids is 2. The lowest BCUT2D eigenvalue weighted by molar-refractivity contribution is 0.0595. The molecule has 0 radical (unpaired) electrons. The predicted molar refractivity (Wildman–Crippen MR) is 141 cm³/mol. The molecule has 1 aromatic carbocycles. The summed E-state index contributed by atoms with van der Waals surface area (Å²) in [7, 11) is 0. The molecule has 37 heavy (non-hydrogen) atoms. The largest absolute Gasteiger partial charge is 0.444 e. The molecule has 0 atom stereocenters. The fourth-order valence-corrected chi connectivity index (χ4v) is 3.26. The van der Waals surface area contributed by atoms with Crippen molar-refractivity contribution in [3.63, 3.8) is 0 Å². The van der Waals surface area contributed by atoms with Crippen LogP contribution in [0.5, 0.6) is 0 Å². The van der Waals surface area contributed by atoms with Crippen LogP contribution >= 0.6 is 11.6 Å². The third-order valence-corrected chi connectivity index (χ3v) is 4.62. The molecule has 2 heterocycles. The number of pyridine rings is 1. The molecule has 0 aliphatic heterocycles. The minimum absolute atomic E-state index is 0.0350. The van der Waals surface area contributed by atoms with Crippen LogP contribution in [-0.4, -0.2) is 38.3 Å². The van der Waals surface area contributed by atoms with E-state index in [2.05, 4.69) is 25.1 Å². The van der Waals surface area contributed by atoms with Gasteiger partial charge in [0.2, 0.25) is 0 Å². The molecule has 192 valence electrons. The van der Waals surface area contributed by atoms with Gasteiger partial charge in [0, 0.05) is 10.6 Å². The molecule has 0 saturated heterocycles. The van der Waals surface area contributed by atoms with Crippen molar-refractivity contribution in [3.8, 4) is 11.3 Å². The van der Waals surface area contributed by atoms with Gasteiger partial charge in [0.1, 0.15) is 17.4 Å². The Morgan fingerprint density at radius 2 is 1.73 bits per heavy atom. The van der Waals surface area contributed by atoms with Crippen LogP contribution in [0.3, 0.4) is 0 Å². The molecular weight excluding hydrogens is 496 g/mol. The van der Waals surface area contributed by atoms with Crippen LogP contribution in [0.4, 0.5) is 32.6 Å². The second-order valence-electron chi connectivity index (χ2n) is 9.89. The van der Waals surface area contributed by atoms with Crippen molar-refractivity contribution >= 4 is 46.8 Å². The highest BCUT2D eigenvalue weighted by Crippen LogP contribution is 2.33. The predicted octanol–water partition coefficient (Wildman–Crippen LogP) is 7.16. The summed E-state index contributed by atoms with van der Waals surface area (Å²) in [4.78, 5) is 43.1. The average Bonchev–Trinajstić information content (AvgIpc) is 2.77. The van der Waals surface area contributed by atoms with E-state index >= 15 is 0 Å². The van der Waals surface area contributed by atoms with Crippen LogP contribution in [-0.2, 0) is 9.47 Å². The molecule has 0 spiro atoms. The summed E-state index contributed by atoms with van der Waals surface area (Å²) in [5.74, 6) is 0.170. The number of amides is 2. The highest BCUT2D eigenvalue weighted by Gasteiger charge is 2.27. The molecule has 0 fully saturated rings. The second kappa shape index (κ2) is 10.8. The summed E-state index contributed by atoms with van der Waals surface area (Å²) in [6.07, 6.45) is 2.80. The van der Waals surface area contributed by atoms with Crippen molar-refractivity contribution in [1.82, 2.24) is 15.0 Å². The lowest BCUT2D eigenvalue weighted by atomic mass is 10.2. The fraction of sp³-hybridized carbons (Fsp3) is 0.308. The molecule has 1 N–H and O–H groups in total. The summed E-state index contributed by atoms with van der Waals surface area (Å²) in [6.45, 7) is 18.0. The first-order valence-electron chi connectivity index (χ1n) is 11.2. The Morgan fingerprint density at radius 3 is 2.35 bits per heavy atom. The van der Waals surface area contributed by atoms with E-state index in [1.54, 1.807) is 65.8 Å². The number of nitrogens with zero attached hydrogens (tertiary/aromatic N) is 5. The molecule has 0 aliphatic carbocycles. The zero-order chi connectivity index (χ0) is 27.4. The van der Waals surface area contributed by atoms with Crippen molar-refractivity contribution in [1.29, 1.82) is 0 Å². The molecule has 0 unspecified atom stereocenters. The van der Waals surface area contributed by atoms with E-state index in [4.69, 9.17) is 27.6 Å². The third kappa shape index (κ3) is 7.62. The summed E-state index contributed by atoms with van der Waals surface area (Å²) >= 11 is 6.18. The first-order chi connectivity index (χ1) is 17.3. The molecule has 0 bridgehead atoms. The Hall–Kier alpha value is -4.23. The van der Waals surface area contributed by atoms with Gasteiger partial charge >= 0.3 is 12.2 Å². The van der Waals surface area contributed by atoms with Gasteiger partial charge < -0.3 is 14.3 Å². The normalized spacial score (nSPS) is 11.3. The topological polar surface area (TPSA) is 111 Å². The van der Waals surface area contributed by atoms with Gasteiger partial charge in [-0.1, -0.05) is 24.2 Å². The van der Waals surface area contributed by atoms with E-state index in [1.165, 1.54) is 29.6 Å². The molecule has 2 amide bonds. The molecule has 3 aromatic rings. The molecule has 10 nitrogen and oxygen atoms in total. The zero-order valence-corrected chi connectivity index (χ0v) is 22.1. The molecule has 3 rings (SSSR count). The van der Waals surface area contributed by atoms with Gasteiger partial charge in [-0.3, -0.25) is 10.3 Å². The Labute approximate surface area is 220 Å². The van der Waals surface area contributed by atoms with Gasteiger partial charge in [-0.15, -0.1) is 4.98 Å². The van der Waals surface area contributed by atoms with Crippen molar-refractivity contribution in [2.45, 2.75) is 52.7 Å². The second-order valence-corrected chi connectivity index (χ2v) is 10.3. The van der Waals surface area contributed by atoms with Gasteiger partial charge in [-0.05, 0) is 65.8 Å². The number of hydrogen-bond donors (Lipinski definition) is 1. The average molecular weight is 523 g/mol. The standard InChI is InChI=1S/C26H27ClN6O4/c1-25(2,3)36-23(34)31-17-12-19(22(28-7)30-13-17)20-14-29-15-21(32-20)33(24(35)37-26(4,5)6)18-10-8-9-16(27)11-18/h8-15H,1-6H3,(H,31,34). The molecule has 0 aliphatic rings. The van der Waals surface area contributed by atoms with Crippen LogP contribution in [0.1, 0.15) is 41.5 Å². The van der Waals surface area contributed by atoms with E-state index in [0.717, 1.165) is 0 Å². The highest BCUT2D eigenvalue weighted by molar-refractivity contribution is 6.31. The third-order valence-electron chi connectivity index (χ3n) is 4.39. The quantitative estimate of drug-likeness (QED) is 0.362. The Kier molecular flexibility index (Phi) is 7.99. The summed E-state index contributed by atoms with van der Waals surface area (Å²) < 4.78 is 10.9. The van der Waals surface area contributed by atoms with Crippen molar-refractivity contribution in [3.05, 3.63) is 65.4 Å². The fourth-order valence-electron chi connectivity index (χ4n) is 3.07. The summed E-state index contributed by atoms with van der Waals surface area (Å²) in [6, 6.07) is 8.19. The summed E-state index contributed by atoms with van der Waals surface area (Å²) in [5.41, 5.74) is -0.212. The maximum Gasteiger partial charge on any atom is 0.420 e. The van der Waals surface area contributed by atoms with Crippen LogP contribution in [0.25, 0.3) is 16.1 Å². The smallest absolute Gasteiger partial charge is 0.420 e. The van der Waals surface area contributed by atoms with Crippen LogP contribution in [0.15, 0.2) is 48.9 Å². The van der Waals surface area contributed by atoms with Gasteiger partial charge in [0.05, 0.1) is 29.5 Å². The first kappa shape index (κ1) is 27.4. The Balaban J connectivity index is 2.06. The zero-order valence-electron chi connectivity index (χ0n) is 21.4. The SMILES string of the molecule is [C-]#[N+]c1ncc(NC(=O)OC(C)(C)C)cc1-c1cncc(N(C(=O)OC(C)(C)C)c2cccc(Cl)c2)n1. The van der Waals surface area contributed by atoms with E-state index in [1.807, 2.05) is 0 Å². The number of anilines is 3. The minimum Gasteiger partial charge on any atom is -0.444 e. The molecule has 11 heteroatoms. The first-order valence-corrected chi connectivity index (χ1v) is 11.6. The molecular formula is C26H27ClN6O4. The minimum atomic E-state index is -0.776. The van der Waals surface area contributed by atoms with E-state index in [-0.39, 0.29) is 17.3 Å². The number of ether oxygens (including phenoxy) is 2. The number of benzene rings is 1. The van der Waals surface area contributed by atoms with Gasteiger partial charge in [-0.2, -0.15) is 0 Å². The van der Waals surface area contributed by atoms with Crippen LogP contribution in [0.2, 0.25) is 5.02 Å². The van der Waals surface area contributed by atoms with Gasteiger partial charge in [0.25, 0.3) is 5.82 Å². The Morgan fingerprint density at radius 1 is 1.03 bits per heavy atom. The lowest BCUT2D eigenvalue weighted by Crippen LogP contribution is -2.34. The van der Waals surface area contributed by atoms with Crippen molar-refractivity contribution < 1.29 is 19.1 Å². The van der Waals surface area contributed by atoms with Crippen molar-refractivity contribution in [2.24, 2.45) is 0 Å². The lowest BCUT2D eigenvalue weighted by Gasteiger charge is -2.27. The summed E-state index contributed by atoms with van der Waals surface area (Å²) in [5, 5.41) is 3.01. The van der Waals surface area contributed by atoms with E-state index in [0.29, 0.717) is 22.0 Å². The number of halogens is 1.